The summed E-state index contributed by atoms with van der Waals surface area (Å²) >= 11 is 1.61. The van der Waals surface area contributed by atoms with E-state index in [1.54, 1.807) is 24.3 Å². The van der Waals surface area contributed by atoms with Gasteiger partial charge in [0.15, 0.2) is 0 Å². The molecule has 3 N–H and O–H groups in total. The predicted molar refractivity (Wildman–Crippen MR) is 87.5 cm³/mol. The Balaban J connectivity index is 2.26. The van der Waals surface area contributed by atoms with Crippen LogP contribution in [0.15, 0.2) is 35.2 Å². The highest BCUT2D eigenvalue weighted by molar-refractivity contribution is 7.89. The van der Waals surface area contributed by atoms with E-state index < -0.39 is 10.0 Å². The van der Waals surface area contributed by atoms with Gasteiger partial charge in [0.1, 0.15) is 0 Å². The number of benzene rings is 1. The molecule has 0 fully saturated rings. The minimum absolute atomic E-state index is 0.0668. The summed E-state index contributed by atoms with van der Waals surface area (Å²) in [6, 6.07) is 8.10. The molecule has 1 aromatic carbocycles. The van der Waals surface area contributed by atoms with E-state index in [-0.39, 0.29) is 16.8 Å². The van der Waals surface area contributed by atoms with Crippen molar-refractivity contribution in [2.45, 2.75) is 31.7 Å². The van der Waals surface area contributed by atoms with Crippen LogP contribution in [-0.4, -0.2) is 14.3 Å². The zero-order chi connectivity index (χ0) is 16.5. The summed E-state index contributed by atoms with van der Waals surface area (Å²) in [5.41, 5.74) is 1.01. The number of hydrogen-bond donors (Lipinski definition) is 2. The van der Waals surface area contributed by atoms with Crippen molar-refractivity contribution >= 4 is 27.3 Å². The van der Waals surface area contributed by atoms with E-state index in [0.29, 0.717) is 11.1 Å². The van der Waals surface area contributed by atoms with Crippen molar-refractivity contribution in [1.82, 2.24) is 5.32 Å². The van der Waals surface area contributed by atoms with Gasteiger partial charge in [-0.1, -0.05) is 6.07 Å². The van der Waals surface area contributed by atoms with Crippen molar-refractivity contribution < 1.29 is 13.2 Å². The second-order valence-corrected chi connectivity index (χ2v) is 8.05. The molecule has 1 heterocycles. The molecule has 0 spiro atoms. The third-order valence-corrected chi connectivity index (χ3v) is 5.41. The van der Waals surface area contributed by atoms with E-state index >= 15 is 0 Å². The highest BCUT2D eigenvalue weighted by Gasteiger charge is 2.17. The molecule has 1 amide bonds. The first-order valence-electron chi connectivity index (χ1n) is 6.69. The van der Waals surface area contributed by atoms with Crippen LogP contribution in [0.4, 0.5) is 0 Å². The minimum Gasteiger partial charge on any atom is -0.345 e. The van der Waals surface area contributed by atoms with Crippen LogP contribution in [0.1, 0.15) is 38.6 Å². The average molecular weight is 338 g/mol. The number of rotatable bonds is 4. The second kappa shape index (κ2) is 6.20. The first-order chi connectivity index (χ1) is 10.2. The summed E-state index contributed by atoms with van der Waals surface area (Å²) < 4.78 is 22.8. The molecule has 2 rings (SSSR count). The molecule has 0 aliphatic rings. The van der Waals surface area contributed by atoms with Crippen LogP contribution < -0.4 is 10.5 Å². The van der Waals surface area contributed by atoms with Gasteiger partial charge in [0.25, 0.3) is 5.91 Å². The van der Waals surface area contributed by atoms with Gasteiger partial charge in [-0.05, 0) is 50.6 Å². The summed E-state index contributed by atoms with van der Waals surface area (Å²) in [5, 5.41) is 7.99. The Labute approximate surface area is 134 Å². The van der Waals surface area contributed by atoms with E-state index in [4.69, 9.17) is 5.14 Å². The lowest BCUT2D eigenvalue weighted by Crippen LogP contribution is -2.27. The molecule has 0 saturated carbocycles. The lowest BCUT2D eigenvalue weighted by Gasteiger charge is -2.14. The molecule has 1 aromatic heterocycles. The number of nitrogens with two attached hydrogens (primary N) is 1. The van der Waals surface area contributed by atoms with Gasteiger partial charge < -0.3 is 5.32 Å². The molecular formula is C15H18N2O3S2. The number of sulfonamides is 1. The number of hydrogen-bond acceptors (Lipinski definition) is 4. The van der Waals surface area contributed by atoms with Crippen molar-refractivity contribution in [3.63, 3.8) is 0 Å². The zero-order valence-corrected chi connectivity index (χ0v) is 14.2. The molecule has 1 unspecified atom stereocenters. The number of carbonyl (C=O) groups excluding carboxylic acids is 1. The molecule has 0 saturated heterocycles. The Kier molecular flexibility index (Phi) is 4.69. The molecular weight excluding hydrogens is 320 g/mol. The van der Waals surface area contributed by atoms with Gasteiger partial charge in [-0.25, -0.2) is 13.6 Å². The van der Waals surface area contributed by atoms with Crippen molar-refractivity contribution in [2.75, 3.05) is 0 Å². The quantitative estimate of drug-likeness (QED) is 0.897. The topological polar surface area (TPSA) is 89.3 Å². The summed E-state index contributed by atoms with van der Waals surface area (Å²) in [6.07, 6.45) is 0. The summed E-state index contributed by atoms with van der Waals surface area (Å²) in [6.45, 7) is 5.65. The minimum atomic E-state index is -3.83. The fourth-order valence-electron chi connectivity index (χ4n) is 2.05. The van der Waals surface area contributed by atoms with Crippen LogP contribution >= 0.6 is 11.3 Å². The summed E-state index contributed by atoms with van der Waals surface area (Å²) in [7, 11) is -3.83. The summed E-state index contributed by atoms with van der Waals surface area (Å²) in [5.74, 6) is -0.318. The van der Waals surface area contributed by atoms with Crippen molar-refractivity contribution in [1.29, 1.82) is 0 Å². The lowest BCUT2D eigenvalue weighted by molar-refractivity contribution is 0.0939. The molecule has 7 heteroatoms. The van der Waals surface area contributed by atoms with Crippen LogP contribution in [0, 0.1) is 13.8 Å². The smallest absolute Gasteiger partial charge is 0.252 e. The van der Waals surface area contributed by atoms with E-state index in [2.05, 4.69) is 5.32 Å². The maximum Gasteiger partial charge on any atom is 0.252 e. The fourth-order valence-corrected chi connectivity index (χ4v) is 3.47. The van der Waals surface area contributed by atoms with Crippen molar-refractivity contribution in [3.8, 4) is 0 Å². The maximum atomic E-state index is 12.4. The highest BCUT2D eigenvalue weighted by Crippen LogP contribution is 2.23. The molecule has 2 aromatic rings. The fraction of sp³-hybridized carbons (Fsp3) is 0.267. The summed E-state index contributed by atoms with van der Waals surface area (Å²) in [4.78, 5) is 14.5. The van der Waals surface area contributed by atoms with E-state index in [1.807, 2.05) is 26.0 Å². The largest absolute Gasteiger partial charge is 0.345 e. The van der Waals surface area contributed by atoms with Gasteiger partial charge in [0, 0.05) is 15.3 Å². The lowest BCUT2D eigenvalue weighted by atomic mass is 10.1. The molecule has 0 radical (unpaired) electrons. The Morgan fingerprint density at radius 3 is 2.45 bits per heavy atom. The number of nitrogens with one attached hydrogen (secondary N) is 1. The third kappa shape index (κ3) is 3.73. The first kappa shape index (κ1) is 16.7. The van der Waals surface area contributed by atoms with E-state index in [0.717, 1.165) is 4.88 Å². The Morgan fingerprint density at radius 2 is 1.91 bits per heavy atom. The molecule has 0 aliphatic heterocycles. The molecule has 1 atom stereocenters. The number of thiophene rings is 1. The van der Waals surface area contributed by atoms with Gasteiger partial charge in [-0.2, -0.15) is 0 Å². The SMILES string of the molecule is Cc1ccc(C(C)NC(=O)c2cc(S(N)(=O)=O)ccc2C)s1. The number of amides is 1. The standard InChI is InChI=1S/C15H18N2O3S2/c1-9-4-6-12(22(16,19)20)8-13(9)15(18)17-11(3)14-7-5-10(2)21-14/h4-8,11H,1-3H3,(H,17,18)(H2,16,19,20). The van der Waals surface area contributed by atoms with Crippen LogP contribution in [0.25, 0.3) is 0 Å². The van der Waals surface area contributed by atoms with Crippen molar-refractivity contribution in [3.05, 3.63) is 51.2 Å². The van der Waals surface area contributed by atoms with Crippen LogP contribution in [-0.2, 0) is 10.0 Å². The highest BCUT2D eigenvalue weighted by atomic mass is 32.2. The maximum absolute atomic E-state index is 12.4. The van der Waals surface area contributed by atoms with Crippen molar-refractivity contribution in [2.24, 2.45) is 5.14 Å². The van der Waals surface area contributed by atoms with Gasteiger partial charge in [0.05, 0.1) is 10.9 Å². The Bertz CT molecular complexity index is 810. The molecule has 0 aliphatic carbocycles. The van der Waals surface area contributed by atoms with Crippen LogP contribution in [0.5, 0.6) is 0 Å². The number of aryl methyl sites for hydroxylation is 2. The number of primary sulfonamides is 1. The molecule has 5 nitrogen and oxygen atoms in total. The third-order valence-electron chi connectivity index (χ3n) is 3.32. The molecule has 22 heavy (non-hydrogen) atoms. The Morgan fingerprint density at radius 1 is 1.23 bits per heavy atom. The first-order valence-corrected chi connectivity index (χ1v) is 9.05. The monoisotopic (exact) mass is 338 g/mol. The second-order valence-electron chi connectivity index (χ2n) is 5.17. The van der Waals surface area contributed by atoms with E-state index in [1.165, 1.54) is 17.0 Å². The Hall–Kier alpha value is -1.70. The van der Waals surface area contributed by atoms with Crippen LogP contribution in [0.3, 0.4) is 0 Å². The predicted octanol–water partition coefficient (Wildman–Crippen LogP) is 2.50. The molecule has 118 valence electrons. The zero-order valence-electron chi connectivity index (χ0n) is 12.6. The molecule has 0 bridgehead atoms. The van der Waals surface area contributed by atoms with E-state index in [9.17, 15) is 13.2 Å². The van der Waals surface area contributed by atoms with Gasteiger partial charge >= 0.3 is 0 Å². The van der Waals surface area contributed by atoms with Gasteiger partial charge in [-0.15, -0.1) is 11.3 Å². The van der Waals surface area contributed by atoms with Crippen LogP contribution in [0.2, 0.25) is 0 Å². The average Bonchev–Trinajstić information content (AvgIpc) is 2.84. The normalized spacial score (nSPS) is 12.9. The van der Waals surface area contributed by atoms with Gasteiger partial charge in [0.2, 0.25) is 10.0 Å². The van der Waals surface area contributed by atoms with Gasteiger partial charge in [-0.3, -0.25) is 4.79 Å². The number of carbonyl (C=O) groups is 1.